The molecule has 0 saturated heterocycles. The summed E-state index contributed by atoms with van der Waals surface area (Å²) in [5.74, 6) is -1.09. The molecule has 0 aliphatic heterocycles. The lowest BCUT2D eigenvalue weighted by molar-refractivity contribution is -0.137. The second-order valence-electron chi connectivity index (χ2n) is 7.57. The molecule has 0 aliphatic carbocycles. The molecule has 1 amide bonds. The third kappa shape index (κ3) is 4.05. The van der Waals surface area contributed by atoms with Gasteiger partial charge in [0, 0.05) is 23.6 Å². The maximum absolute atomic E-state index is 13.5. The summed E-state index contributed by atoms with van der Waals surface area (Å²) >= 11 is 0. The number of fused-ring (bicyclic) bond motifs is 1. The highest BCUT2D eigenvalue weighted by Gasteiger charge is 2.35. The van der Waals surface area contributed by atoms with Crippen molar-refractivity contribution in [2.45, 2.75) is 26.9 Å². The average Bonchev–Trinajstić information content (AvgIpc) is 3.13. The molecular weight excluding hydrogens is 424 g/mol. The Bertz CT molecular complexity index is 1360. The van der Waals surface area contributed by atoms with Crippen LogP contribution < -0.4 is 5.32 Å². The summed E-state index contributed by atoms with van der Waals surface area (Å²) in [6.45, 7) is 4.94. The van der Waals surface area contributed by atoms with Crippen LogP contribution >= 0.6 is 0 Å². The van der Waals surface area contributed by atoms with Gasteiger partial charge in [-0.05, 0) is 55.7 Å². The summed E-state index contributed by atoms with van der Waals surface area (Å²) in [5.41, 5.74) is 1.66. The van der Waals surface area contributed by atoms with Crippen molar-refractivity contribution in [3.63, 3.8) is 0 Å². The van der Waals surface area contributed by atoms with Crippen molar-refractivity contribution in [2.75, 3.05) is 5.32 Å². The fraction of sp³-hybridized carbons (Fsp3) is 0.174. The molecule has 32 heavy (non-hydrogen) atoms. The molecule has 0 unspecified atom stereocenters. The van der Waals surface area contributed by atoms with Crippen molar-refractivity contribution < 1.29 is 22.4 Å². The van der Waals surface area contributed by atoms with Gasteiger partial charge in [0.2, 0.25) is 5.78 Å². The van der Waals surface area contributed by atoms with E-state index in [1.54, 1.807) is 45.2 Å². The Morgan fingerprint density at radius 1 is 1.00 bits per heavy atom. The van der Waals surface area contributed by atoms with Gasteiger partial charge in [0.15, 0.2) is 5.82 Å². The maximum atomic E-state index is 13.5. The SMILES string of the molecule is Cc1cc(C(=O)Nc2cc(-c3cn4cc(F)cnc4n3)ccc2C)c(C(F)(F)F)cc1C. The van der Waals surface area contributed by atoms with Crippen LogP contribution in [0.15, 0.2) is 48.9 Å². The maximum Gasteiger partial charge on any atom is 0.417 e. The summed E-state index contributed by atoms with van der Waals surface area (Å²) in [7, 11) is 0. The number of imidazole rings is 1. The number of nitrogens with one attached hydrogen (secondary N) is 1. The van der Waals surface area contributed by atoms with Gasteiger partial charge in [-0.2, -0.15) is 13.2 Å². The molecule has 2 heterocycles. The van der Waals surface area contributed by atoms with E-state index in [4.69, 9.17) is 0 Å². The van der Waals surface area contributed by atoms with Crippen LogP contribution in [0, 0.1) is 26.6 Å². The van der Waals surface area contributed by atoms with Gasteiger partial charge in [-0.25, -0.2) is 14.4 Å². The second-order valence-corrected chi connectivity index (χ2v) is 7.57. The minimum absolute atomic E-state index is 0.289. The molecule has 9 heteroatoms. The third-order valence-electron chi connectivity index (χ3n) is 5.24. The normalized spacial score (nSPS) is 11.7. The Morgan fingerprint density at radius 3 is 2.44 bits per heavy atom. The van der Waals surface area contributed by atoms with E-state index in [0.29, 0.717) is 33.6 Å². The number of nitrogens with zero attached hydrogens (tertiary/aromatic N) is 3. The molecule has 0 radical (unpaired) electrons. The van der Waals surface area contributed by atoms with E-state index in [-0.39, 0.29) is 5.78 Å². The first kappa shape index (κ1) is 21.5. The number of amides is 1. The molecule has 4 aromatic rings. The molecule has 2 aromatic carbocycles. The fourth-order valence-electron chi connectivity index (χ4n) is 3.34. The first-order valence-electron chi connectivity index (χ1n) is 9.64. The topological polar surface area (TPSA) is 59.3 Å². The minimum Gasteiger partial charge on any atom is -0.322 e. The Kier molecular flexibility index (Phi) is 5.20. The summed E-state index contributed by atoms with van der Waals surface area (Å²) in [5, 5.41) is 2.59. The highest BCUT2D eigenvalue weighted by Crippen LogP contribution is 2.34. The molecule has 0 fully saturated rings. The van der Waals surface area contributed by atoms with Crippen molar-refractivity contribution in [1.29, 1.82) is 0 Å². The number of aryl methyl sites for hydroxylation is 3. The zero-order valence-corrected chi connectivity index (χ0v) is 17.4. The van der Waals surface area contributed by atoms with Gasteiger partial charge in [-0.15, -0.1) is 0 Å². The van der Waals surface area contributed by atoms with Crippen molar-refractivity contribution >= 4 is 17.4 Å². The first-order valence-corrected chi connectivity index (χ1v) is 9.64. The van der Waals surface area contributed by atoms with Crippen LogP contribution in [0.3, 0.4) is 0 Å². The molecule has 164 valence electrons. The van der Waals surface area contributed by atoms with E-state index in [1.807, 2.05) is 0 Å². The Balaban J connectivity index is 1.71. The van der Waals surface area contributed by atoms with Gasteiger partial charge >= 0.3 is 6.18 Å². The van der Waals surface area contributed by atoms with Crippen LogP contribution in [0.25, 0.3) is 17.0 Å². The summed E-state index contributed by atoms with van der Waals surface area (Å²) in [6.07, 6.45) is -0.809. The number of carbonyl (C=O) groups is 1. The number of carbonyl (C=O) groups excluding carboxylic acids is 1. The van der Waals surface area contributed by atoms with Gasteiger partial charge in [-0.3, -0.25) is 9.20 Å². The monoisotopic (exact) mass is 442 g/mol. The van der Waals surface area contributed by atoms with Crippen LogP contribution in [0.1, 0.15) is 32.6 Å². The largest absolute Gasteiger partial charge is 0.417 e. The predicted molar refractivity (Wildman–Crippen MR) is 112 cm³/mol. The van der Waals surface area contributed by atoms with Gasteiger partial charge in [-0.1, -0.05) is 12.1 Å². The van der Waals surface area contributed by atoms with E-state index in [1.165, 1.54) is 16.7 Å². The van der Waals surface area contributed by atoms with Crippen LogP contribution in [0.2, 0.25) is 0 Å². The van der Waals surface area contributed by atoms with E-state index in [2.05, 4.69) is 15.3 Å². The first-order chi connectivity index (χ1) is 15.0. The van der Waals surface area contributed by atoms with Crippen LogP contribution in [-0.4, -0.2) is 20.3 Å². The van der Waals surface area contributed by atoms with Crippen molar-refractivity contribution in [3.05, 3.63) is 82.6 Å². The fourth-order valence-corrected chi connectivity index (χ4v) is 3.34. The molecular formula is C23H18F4N4O. The Labute approximate surface area is 180 Å². The van der Waals surface area contributed by atoms with E-state index in [0.717, 1.165) is 12.3 Å². The minimum atomic E-state index is -4.67. The molecule has 0 atom stereocenters. The van der Waals surface area contributed by atoms with Crippen LogP contribution in [-0.2, 0) is 6.18 Å². The number of benzene rings is 2. The van der Waals surface area contributed by atoms with Crippen molar-refractivity contribution in [2.24, 2.45) is 0 Å². The summed E-state index contributed by atoms with van der Waals surface area (Å²) in [6, 6.07) is 7.30. The summed E-state index contributed by atoms with van der Waals surface area (Å²) < 4.78 is 55.4. The smallest absolute Gasteiger partial charge is 0.322 e. The van der Waals surface area contributed by atoms with Crippen molar-refractivity contribution in [3.8, 4) is 11.3 Å². The highest BCUT2D eigenvalue weighted by molar-refractivity contribution is 6.06. The molecule has 1 N–H and O–H groups in total. The quantitative estimate of drug-likeness (QED) is 0.412. The van der Waals surface area contributed by atoms with Gasteiger partial charge in [0.1, 0.15) is 0 Å². The van der Waals surface area contributed by atoms with Crippen LogP contribution in [0.5, 0.6) is 0 Å². The Hall–Kier alpha value is -3.75. The number of alkyl halides is 3. The lowest BCUT2D eigenvalue weighted by Crippen LogP contribution is -2.20. The molecule has 0 bridgehead atoms. The molecule has 5 nitrogen and oxygen atoms in total. The van der Waals surface area contributed by atoms with E-state index < -0.39 is 29.0 Å². The van der Waals surface area contributed by atoms with E-state index >= 15 is 0 Å². The van der Waals surface area contributed by atoms with Gasteiger partial charge in [0.25, 0.3) is 5.91 Å². The lowest BCUT2D eigenvalue weighted by atomic mass is 9.98. The predicted octanol–water partition coefficient (Wildman–Crippen LogP) is 5.73. The van der Waals surface area contributed by atoms with Crippen LogP contribution in [0.4, 0.5) is 23.2 Å². The van der Waals surface area contributed by atoms with E-state index in [9.17, 15) is 22.4 Å². The lowest BCUT2D eigenvalue weighted by Gasteiger charge is -2.16. The zero-order valence-electron chi connectivity index (χ0n) is 17.4. The standard InChI is InChI=1S/C23H18F4N4O/c1-12-4-5-15(20-11-31-10-16(24)9-28-22(31)30-20)8-19(12)29-21(32)17-6-13(2)14(3)7-18(17)23(25,26)27/h4-11H,1-3H3,(H,29,32). The summed E-state index contributed by atoms with van der Waals surface area (Å²) in [4.78, 5) is 21.1. The molecule has 4 rings (SSSR count). The Morgan fingerprint density at radius 2 is 1.72 bits per heavy atom. The second kappa shape index (κ2) is 7.74. The molecule has 0 saturated carbocycles. The third-order valence-corrected chi connectivity index (χ3v) is 5.24. The van der Waals surface area contributed by atoms with Gasteiger partial charge in [0.05, 0.1) is 23.0 Å². The molecule has 0 spiro atoms. The number of hydrogen-bond donors (Lipinski definition) is 1. The number of rotatable bonds is 3. The highest BCUT2D eigenvalue weighted by atomic mass is 19.4. The zero-order chi connectivity index (χ0) is 23.2. The van der Waals surface area contributed by atoms with Crippen molar-refractivity contribution in [1.82, 2.24) is 14.4 Å². The number of aromatic nitrogens is 3. The average molecular weight is 442 g/mol. The number of hydrogen-bond acceptors (Lipinski definition) is 3. The molecule has 2 aromatic heterocycles. The van der Waals surface area contributed by atoms with Gasteiger partial charge < -0.3 is 5.32 Å². The number of halogens is 4. The number of anilines is 1. The molecule has 0 aliphatic rings.